The Morgan fingerprint density at radius 3 is 3.06 bits per heavy atom. The van der Waals surface area contributed by atoms with E-state index < -0.39 is 0 Å². The number of hydrogen-bond donors (Lipinski definition) is 2. The number of nitrogens with one attached hydrogen (secondary N) is 2. The van der Waals surface area contributed by atoms with Crippen molar-refractivity contribution in [3.05, 3.63) is 51.8 Å². The molecule has 0 spiro atoms. The number of pyridine rings is 1. The van der Waals surface area contributed by atoms with E-state index in [2.05, 4.69) is 20.5 Å². The minimum Gasteiger partial charge on any atom is -0.356 e. The molecule has 2 N–H and O–H groups in total. The van der Waals surface area contributed by atoms with Crippen LogP contribution in [0.5, 0.6) is 0 Å². The molecule has 0 aliphatic heterocycles. The van der Waals surface area contributed by atoms with Gasteiger partial charge in [-0.3, -0.25) is 4.79 Å². The van der Waals surface area contributed by atoms with Gasteiger partial charge in [0.1, 0.15) is 5.51 Å². The summed E-state index contributed by atoms with van der Waals surface area (Å²) < 4.78 is 0. The molecule has 0 aliphatic rings. The number of aromatic amines is 1. The Morgan fingerprint density at radius 2 is 2.22 bits per heavy atom. The number of benzene rings is 1. The molecule has 0 unspecified atom stereocenters. The predicted molar refractivity (Wildman–Crippen MR) is 71.8 cm³/mol. The van der Waals surface area contributed by atoms with E-state index in [0.717, 1.165) is 10.9 Å². The van der Waals surface area contributed by atoms with Crippen molar-refractivity contribution < 1.29 is 0 Å². The van der Waals surface area contributed by atoms with Crippen molar-refractivity contribution in [3.8, 4) is 0 Å². The van der Waals surface area contributed by atoms with Crippen LogP contribution in [0.25, 0.3) is 10.9 Å². The second-order valence-corrected chi connectivity index (χ2v) is 4.64. The number of aromatic nitrogens is 3. The summed E-state index contributed by atoms with van der Waals surface area (Å²) >= 11 is 1.41. The second-order valence-electron chi connectivity index (χ2n) is 3.81. The molecule has 2 aromatic heterocycles. The standard InChI is InChI=1S/C12H10N4OS/c17-11-9(6-13-12-16-14-7-18-12)5-8-3-1-2-4-10(8)15-11/h1-5,7H,6H2,(H,13,16)(H,15,17). The van der Waals surface area contributed by atoms with Gasteiger partial charge in [0.15, 0.2) is 0 Å². The van der Waals surface area contributed by atoms with Gasteiger partial charge < -0.3 is 10.3 Å². The molecular weight excluding hydrogens is 248 g/mol. The van der Waals surface area contributed by atoms with Gasteiger partial charge in [-0.1, -0.05) is 29.5 Å². The summed E-state index contributed by atoms with van der Waals surface area (Å²) in [5.74, 6) is 0. The average Bonchev–Trinajstić information content (AvgIpc) is 2.89. The molecule has 1 aromatic carbocycles. The van der Waals surface area contributed by atoms with Gasteiger partial charge in [0.05, 0.1) is 0 Å². The predicted octanol–water partition coefficient (Wildman–Crippen LogP) is 1.99. The molecule has 2 heterocycles. The van der Waals surface area contributed by atoms with Gasteiger partial charge in [-0.05, 0) is 17.5 Å². The summed E-state index contributed by atoms with van der Waals surface area (Å²) in [6, 6.07) is 9.60. The maximum atomic E-state index is 11.9. The SMILES string of the molecule is O=c1[nH]c2ccccc2cc1CNc1nncs1. The molecule has 0 aliphatic carbocycles. The van der Waals surface area contributed by atoms with E-state index in [1.54, 1.807) is 5.51 Å². The number of H-pyrrole nitrogens is 1. The molecule has 0 amide bonds. The van der Waals surface area contributed by atoms with E-state index in [1.807, 2.05) is 30.3 Å². The van der Waals surface area contributed by atoms with E-state index >= 15 is 0 Å². The Bertz CT molecular complexity index is 720. The van der Waals surface area contributed by atoms with Crippen molar-refractivity contribution in [3.63, 3.8) is 0 Å². The van der Waals surface area contributed by atoms with Crippen LogP contribution in [-0.2, 0) is 6.54 Å². The molecule has 0 radical (unpaired) electrons. The van der Waals surface area contributed by atoms with E-state index in [0.29, 0.717) is 17.2 Å². The number of fused-ring (bicyclic) bond motifs is 1. The smallest absolute Gasteiger partial charge is 0.253 e. The summed E-state index contributed by atoms with van der Waals surface area (Å²) in [7, 11) is 0. The molecule has 6 heteroatoms. The number of anilines is 1. The summed E-state index contributed by atoms with van der Waals surface area (Å²) in [6.45, 7) is 0.440. The van der Waals surface area contributed by atoms with Gasteiger partial charge in [0, 0.05) is 17.6 Å². The fraction of sp³-hybridized carbons (Fsp3) is 0.0833. The lowest BCUT2D eigenvalue weighted by atomic mass is 10.1. The van der Waals surface area contributed by atoms with Crippen molar-refractivity contribution in [1.29, 1.82) is 0 Å². The van der Waals surface area contributed by atoms with Crippen LogP contribution in [0.3, 0.4) is 0 Å². The molecule has 0 saturated heterocycles. The fourth-order valence-corrected chi connectivity index (χ4v) is 2.19. The highest BCUT2D eigenvalue weighted by molar-refractivity contribution is 7.13. The third-order valence-corrected chi connectivity index (χ3v) is 3.27. The van der Waals surface area contributed by atoms with Crippen molar-refractivity contribution in [2.24, 2.45) is 0 Å². The molecule has 18 heavy (non-hydrogen) atoms. The first-order valence-corrected chi connectivity index (χ1v) is 6.32. The largest absolute Gasteiger partial charge is 0.356 e. The zero-order valence-corrected chi connectivity index (χ0v) is 10.2. The number of para-hydroxylation sites is 1. The quantitative estimate of drug-likeness (QED) is 0.753. The summed E-state index contributed by atoms with van der Waals surface area (Å²) in [5, 5.41) is 12.4. The highest BCUT2D eigenvalue weighted by atomic mass is 32.1. The lowest BCUT2D eigenvalue weighted by Crippen LogP contribution is -2.15. The molecule has 0 bridgehead atoms. The molecule has 0 atom stereocenters. The van der Waals surface area contributed by atoms with Gasteiger partial charge in [0.25, 0.3) is 5.56 Å². The van der Waals surface area contributed by atoms with Crippen LogP contribution in [0, 0.1) is 0 Å². The molecular formula is C12H10N4OS. The number of nitrogens with zero attached hydrogens (tertiary/aromatic N) is 2. The van der Waals surface area contributed by atoms with Crippen molar-refractivity contribution in [2.75, 3.05) is 5.32 Å². The Hall–Kier alpha value is -2.21. The summed E-state index contributed by atoms with van der Waals surface area (Å²) in [5.41, 5.74) is 3.10. The summed E-state index contributed by atoms with van der Waals surface area (Å²) in [6.07, 6.45) is 0. The van der Waals surface area contributed by atoms with Gasteiger partial charge in [0.2, 0.25) is 5.13 Å². The van der Waals surface area contributed by atoms with Gasteiger partial charge >= 0.3 is 0 Å². The van der Waals surface area contributed by atoms with Crippen LogP contribution < -0.4 is 10.9 Å². The molecule has 3 aromatic rings. The van der Waals surface area contributed by atoms with E-state index in [9.17, 15) is 4.79 Å². The first-order chi connectivity index (χ1) is 8.83. The number of rotatable bonds is 3. The highest BCUT2D eigenvalue weighted by Gasteiger charge is 2.03. The topological polar surface area (TPSA) is 70.7 Å². The van der Waals surface area contributed by atoms with Crippen molar-refractivity contribution >= 4 is 27.4 Å². The first-order valence-electron chi connectivity index (χ1n) is 5.44. The van der Waals surface area contributed by atoms with Crippen LogP contribution in [0.15, 0.2) is 40.6 Å². The van der Waals surface area contributed by atoms with Crippen LogP contribution in [0.1, 0.15) is 5.56 Å². The van der Waals surface area contributed by atoms with Gasteiger partial charge in [-0.2, -0.15) is 0 Å². The van der Waals surface area contributed by atoms with E-state index in [1.165, 1.54) is 11.3 Å². The Morgan fingerprint density at radius 1 is 1.33 bits per heavy atom. The van der Waals surface area contributed by atoms with E-state index in [4.69, 9.17) is 0 Å². The maximum absolute atomic E-state index is 11.9. The molecule has 0 fully saturated rings. The van der Waals surface area contributed by atoms with Gasteiger partial charge in [-0.25, -0.2) is 0 Å². The average molecular weight is 258 g/mol. The van der Waals surface area contributed by atoms with E-state index in [-0.39, 0.29) is 5.56 Å². The van der Waals surface area contributed by atoms with Crippen molar-refractivity contribution in [2.45, 2.75) is 6.54 Å². The minimum atomic E-state index is -0.0780. The minimum absolute atomic E-state index is 0.0780. The van der Waals surface area contributed by atoms with Crippen LogP contribution in [0.2, 0.25) is 0 Å². The fourth-order valence-electron chi connectivity index (χ4n) is 1.74. The van der Waals surface area contributed by atoms with Gasteiger partial charge in [-0.15, -0.1) is 10.2 Å². The Labute approximate surface area is 107 Å². The Kier molecular flexibility index (Phi) is 2.77. The summed E-state index contributed by atoms with van der Waals surface area (Å²) in [4.78, 5) is 14.7. The van der Waals surface area contributed by atoms with Crippen LogP contribution in [-0.4, -0.2) is 15.2 Å². The highest BCUT2D eigenvalue weighted by Crippen LogP contribution is 2.12. The van der Waals surface area contributed by atoms with Crippen LogP contribution >= 0.6 is 11.3 Å². The third kappa shape index (κ3) is 2.10. The molecule has 3 rings (SSSR count). The molecule has 90 valence electrons. The van der Waals surface area contributed by atoms with Crippen LogP contribution in [0.4, 0.5) is 5.13 Å². The second kappa shape index (κ2) is 4.58. The number of hydrogen-bond acceptors (Lipinski definition) is 5. The third-order valence-electron chi connectivity index (χ3n) is 2.62. The Balaban J connectivity index is 1.92. The zero-order valence-electron chi connectivity index (χ0n) is 9.38. The first kappa shape index (κ1) is 10.9. The normalized spacial score (nSPS) is 10.7. The lowest BCUT2D eigenvalue weighted by Gasteiger charge is -2.03. The lowest BCUT2D eigenvalue weighted by molar-refractivity contribution is 1.03. The zero-order chi connectivity index (χ0) is 12.4. The monoisotopic (exact) mass is 258 g/mol. The molecule has 5 nitrogen and oxygen atoms in total. The van der Waals surface area contributed by atoms with Crippen molar-refractivity contribution in [1.82, 2.24) is 15.2 Å². The maximum Gasteiger partial charge on any atom is 0.253 e. The molecule has 0 saturated carbocycles.